The molecule has 1 rings (SSSR count). The van der Waals surface area contributed by atoms with Crippen molar-refractivity contribution in [1.29, 1.82) is 0 Å². The van der Waals surface area contributed by atoms with Crippen LogP contribution in [-0.2, 0) is 0 Å². The third kappa shape index (κ3) is 3.55. The quantitative estimate of drug-likeness (QED) is 0.755. The van der Waals surface area contributed by atoms with Crippen LogP contribution in [0.3, 0.4) is 0 Å². The van der Waals surface area contributed by atoms with Crippen LogP contribution in [0.5, 0.6) is 0 Å². The van der Waals surface area contributed by atoms with Gasteiger partial charge in [-0.25, -0.2) is 0 Å². The lowest BCUT2D eigenvalue weighted by Gasteiger charge is -2.22. The maximum absolute atomic E-state index is 6.02. The average molecular weight is 178 g/mol. The molecule has 0 aliphatic carbocycles. The maximum atomic E-state index is 6.02. The van der Waals surface area contributed by atoms with E-state index in [-0.39, 0.29) is 11.5 Å². The van der Waals surface area contributed by atoms with Crippen molar-refractivity contribution in [3.63, 3.8) is 0 Å². The lowest BCUT2D eigenvalue weighted by Crippen LogP contribution is -2.19. The Morgan fingerprint density at radius 2 is 2.08 bits per heavy atom. The predicted octanol–water partition coefficient (Wildman–Crippen LogP) is 2.52. The van der Waals surface area contributed by atoms with Gasteiger partial charge in [0.05, 0.1) is 5.69 Å². The van der Waals surface area contributed by atoms with Gasteiger partial charge in [0.2, 0.25) is 0 Å². The lowest BCUT2D eigenvalue weighted by atomic mass is 9.87. The fourth-order valence-corrected chi connectivity index (χ4v) is 1.36. The van der Waals surface area contributed by atoms with Crippen molar-refractivity contribution in [3.8, 4) is 0 Å². The van der Waals surface area contributed by atoms with E-state index in [0.29, 0.717) is 0 Å². The molecular weight excluding hydrogens is 160 g/mol. The molecule has 0 radical (unpaired) electrons. The Balaban J connectivity index is 2.64. The minimum absolute atomic E-state index is 0.0567. The molecule has 0 amide bonds. The summed E-state index contributed by atoms with van der Waals surface area (Å²) in [4.78, 5) is 4.24. The van der Waals surface area contributed by atoms with Crippen molar-refractivity contribution < 1.29 is 0 Å². The molecule has 2 nitrogen and oxygen atoms in total. The van der Waals surface area contributed by atoms with Crippen molar-refractivity contribution in [1.82, 2.24) is 4.98 Å². The van der Waals surface area contributed by atoms with Crippen molar-refractivity contribution >= 4 is 0 Å². The van der Waals surface area contributed by atoms with Gasteiger partial charge >= 0.3 is 0 Å². The molecule has 0 spiro atoms. The zero-order valence-corrected chi connectivity index (χ0v) is 8.62. The van der Waals surface area contributed by atoms with Gasteiger partial charge in [0, 0.05) is 12.2 Å². The molecule has 2 N–H and O–H groups in total. The van der Waals surface area contributed by atoms with Crippen LogP contribution < -0.4 is 5.73 Å². The summed E-state index contributed by atoms with van der Waals surface area (Å²) >= 11 is 0. The normalized spacial score (nSPS) is 14.2. The summed E-state index contributed by atoms with van der Waals surface area (Å²) in [5, 5.41) is 0. The zero-order chi connectivity index (χ0) is 9.90. The van der Waals surface area contributed by atoms with E-state index < -0.39 is 0 Å². The van der Waals surface area contributed by atoms with Crippen molar-refractivity contribution in [3.05, 3.63) is 30.1 Å². The van der Waals surface area contributed by atoms with Gasteiger partial charge in [0.1, 0.15) is 0 Å². The summed E-state index contributed by atoms with van der Waals surface area (Å²) < 4.78 is 0. The zero-order valence-electron chi connectivity index (χ0n) is 8.62. The highest BCUT2D eigenvalue weighted by atomic mass is 14.8. The second-order valence-electron chi connectivity index (χ2n) is 4.63. The smallest absolute Gasteiger partial charge is 0.0571 e. The van der Waals surface area contributed by atoms with E-state index in [2.05, 4.69) is 25.8 Å². The third-order valence-electron chi connectivity index (χ3n) is 1.90. The number of rotatable bonds is 2. The van der Waals surface area contributed by atoms with Crippen LogP contribution in [0, 0.1) is 5.41 Å². The molecule has 0 aliphatic heterocycles. The van der Waals surface area contributed by atoms with Crippen LogP contribution in [0.1, 0.15) is 38.9 Å². The first-order valence-corrected chi connectivity index (χ1v) is 4.65. The Labute approximate surface area is 80.2 Å². The van der Waals surface area contributed by atoms with Gasteiger partial charge in [-0.3, -0.25) is 4.98 Å². The Morgan fingerprint density at radius 3 is 2.54 bits per heavy atom. The van der Waals surface area contributed by atoms with Gasteiger partial charge in [0.15, 0.2) is 0 Å². The van der Waals surface area contributed by atoms with Crippen LogP contribution in [0.15, 0.2) is 24.4 Å². The number of nitrogens with zero attached hydrogens (tertiary/aromatic N) is 1. The summed E-state index contributed by atoms with van der Waals surface area (Å²) in [5.41, 5.74) is 7.26. The first-order chi connectivity index (χ1) is 5.99. The Kier molecular flexibility index (Phi) is 3.04. The van der Waals surface area contributed by atoms with Crippen molar-refractivity contribution in [2.45, 2.75) is 33.2 Å². The average Bonchev–Trinajstić information content (AvgIpc) is 2.03. The fourth-order valence-electron chi connectivity index (χ4n) is 1.36. The van der Waals surface area contributed by atoms with E-state index in [4.69, 9.17) is 5.73 Å². The summed E-state index contributed by atoms with van der Waals surface area (Å²) in [6, 6.07) is 5.93. The molecule has 72 valence electrons. The molecule has 2 heteroatoms. The Bertz CT molecular complexity index is 249. The highest BCUT2D eigenvalue weighted by molar-refractivity contribution is 5.08. The monoisotopic (exact) mass is 178 g/mol. The van der Waals surface area contributed by atoms with E-state index in [0.717, 1.165) is 12.1 Å². The number of pyridine rings is 1. The molecule has 0 unspecified atom stereocenters. The van der Waals surface area contributed by atoms with Gasteiger partial charge in [-0.05, 0) is 24.0 Å². The molecule has 0 fully saturated rings. The molecule has 1 aromatic heterocycles. The van der Waals surface area contributed by atoms with Crippen molar-refractivity contribution in [2.24, 2.45) is 11.1 Å². The van der Waals surface area contributed by atoms with Crippen LogP contribution in [-0.4, -0.2) is 4.98 Å². The maximum Gasteiger partial charge on any atom is 0.0571 e. The Hall–Kier alpha value is -0.890. The van der Waals surface area contributed by atoms with Crippen LogP contribution in [0.4, 0.5) is 0 Å². The highest BCUT2D eigenvalue weighted by Crippen LogP contribution is 2.26. The van der Waals surface area contributed by atoms with E-state index in [1.807, 2.05) is 18.2 Å². The molecule has 1 atom stereocenters. The third-order valence-corrected chi connectivity index (χ3v) is 1.90. The van der Waals surface area contributed by atoms with E-state index in [1.54, 1.807) is 6.20 Å². The van der Waals surface area contributed by atoms with Gasteiger partial charge < -0.3 is 5.73 Å². The summed E-state index contributed by atoms with van der Waals surface area (Å²) in [6.45, 7) is 6.57. The van der Waals surface area contributed by atoms with Gasteiger partial charge in [0.25, 0.3) is 0 Å². The molecule has 1 aromatic rings. The van der Waals surface area contributed by atoms with E-state index in [9.17, 15) is 0 Å². The van der Waals surface area contributed by atoms with Crippen LogP contribution in [0.2, 0.25) is 0 Å². The summed E-state index contributed by atoms with van der Waals surface area (Å²) in [7, 11) is 0. The largest absolute Gasteiger partial charge is 0.323 e. The van der Waals surface area contributed by atoms with Crippen LogP contribution in [0.25, 0.3) is 0 Å². The minimum atomic E-state index is 0.0567. The Morgan fingerprint density at radius 1 is 1.38 bits per heavy atom. The predicted molar refractivity (Wildman–Crippen MR) is 55.2 cm³/mol. The second kappa shape index (κ2) is 3.88. The molecule has 0 saturated carbocycles. The molecule has 1 heterocycles. The SMILES string of the molecule is CC(C)(C)C[C@@H](N)c1ccccn1. The minimum Gasteiger partial charge on any atom is -0.323 e. The number of hydrogen-bond donors (Lipinski definition) is 1. The second-order valence-corrected chi connectivity index (χ2v) is 4.63. The number of nitrogens with two attached hydrogens (primary N) is 1. The fraction of sp³-hybridized carbons (Fsp3) is 0.545. The standard InChI is InChI=1S/C11H18N2/c1-11(2,3)8-9(12)10-6-4-5-7-13-10/h4-7,9H,8,12H2,1-3H3/t9-/m1/s1. The summed E-state index contributed by atoms with van der Waals surface area (Å²) in [6.07, 6.45) is 2.75. The van der Waals surface area contributed by atoms with Gasteiger partial charge in [-0.15, -0.1) is 0 Å². The first kappa shape index (κ1) is 10.2. The summed E-state index contributed by atoms with van der Waals surface area (Å²) in [5.74, 6) is 0. The molecule has 0 bridgehead atoms. The molecule has 13 heavy (non-hydrogen) atoms. The highest BCUT2D eigenvalue weighted by Gasteiger charge is 2.17. The van der Waals surface area contributed by atoms with E-state index >= 15 is 0 Å². The molecular formula is C11H18N2. The van der Waals surface area contributed by atoms with Crippen LogP contribution >= 0.6 is 0 Å². The van der Waals surface area contributed by atoms with Gasteiger partial charge in [-0.1, -0.05) is 26.8 Å². The van der Waals surface area contributed by atoms with Gasteiger partial charge in [-0.2, -0.15) is 0 Å². The topological polar surface area (TPSA) is 38.9 Å². The molecule has 0 aromatic carbocycles. The number of hydrogen-bond acceptors (Lipinski definition) is 2. The van der Waals surface area contributed by atoms with Crippen molar-refractivity contribution in [2.75, 3.05) is 0 Å². The first-order valence-electron chi connectivity index (χ1n) is 4.65. The lowest BCUT2D eigenvalue weighted by molar-refractivity contribution is 0.340. The van der Waals surface area contributed by atoms with E-state index in [1.165, 1.54) is 0 Å². The molecule has 0 saturated heterocycles. The number of aromatic nitrogens is 1. The molecule has 0 aliphatic rings.